The summed E-state index contributed by atoms with van der Waals surface area (Å²) in [5.41, 5.74) is 0.691. The van der Waals surface area contributed by atoms with Crippen molar-refractivity contribution in [2.45, 2.75) is 6.04 Å². The van der Waals surface area contributed by atoms with Crippen LogP contribution >= 0.6 is 0 Å². The molecule has 0 aromatic heterocycles. The Labute approximate surface area is 167 Å². The van der Waals surface area contributed by atoms with Gasteiger partial charge in [0.15, 0.2) is 11.5 Å². The molecule has 1 aliphatic rings. The summed E-state index contributed by atoms with van der Waals surface area (Å²) in [6.07, 6.45) is 0. The van der Waals surface area contributed by atoms with Gasteiger partial charge in [-0.2, -0.15) is 0 Å². The van der Waals surface area contributed by atoms with E-state index in [1.54, 1.807) is 30.3 Å². The molecule has 2 aromatic rings. The van der Waals surface area contributed by atoms with Crippen LogP contribution in [0.3, 0.4) is 0 Å². The van der Waals surface area contributed by atoms with Crippen LogP contribution in [0.2, 0.25) is 0 Å². The average molecular weight is 399 g/mol. The lowest BCUT2D eigenvalue weighted by atomic mass is 9.95. The number of aliphatic hydroxyl groups is 1. The quantitative estimate of drug-likeness (QED) is 0.437. The van der Waals surface area contributed by atoms with E-state index in [0.29, 0.717) is 34.1 Å². The number of benzene rings is 2. The van der Waals surface area contributed by atoms with Crippen molar-refractivity contribution >= 4 is 17.4 Å². The fourth-order valence-electron chi connectivity index (χ4n) is 3.20. The highest BCUT2D eigenvalue weighted by Gasteiger charge is 2.41. The SMILES string of the molecule is COc1ccc(OC)c([C@@H]2NC(=O)C(=O)C2=C(O)c2ccc(OC)c(OC)c2)c1. The minimum atomic E-state index is -0.909. The second-order valence-corrected chi connectivity index (χ2v) is 6.18. The Morgan fingerprint density at radius 3 is 2.14 bits per heavy atom. The van der Waals surface area contributed by atoms with Gasteiger partial charge in [0, 0.05) is 11.1 Å². The van der Waals surface area contributed by atoms with E-state index in [1.165, 1.54) is 34.5 Å². The van der Waals surface area contributed by atoms with Crippen LogP contribution in [0.1, 0.15) is 17.2 Å². The molecule has 0 radical (unpaired) electrons. The minimum Gasteiger partial charge on any atom is -0.507 e. The molecule has 0 aliphatic carbocycles. The van der Waals surface area contributed by atoms with E-state index in [4.69, 9.17) is 18.9 Å². The van der Waals surface area contributed by atoms with Crippen molar-refractivity contribution in [2.75, 3.05) is 28.4 Å². The maximum atomic E-state index is 12.6. The molecule has 29 heavy (non-hydrogen) atoms. The number of Topliss-reactive ketones (excluding diaryl/α,β-unsaturated/α-hetero) is 1. The average Bonchev–Trinajstić information content (AvgIpc) is 3.06. The molecule has 1 heterocycles. The fourth-order valence-corrected chi connectivity index (χ4v) is 3.20. The number of rotatable bonds is 6. The first-order chi connectivity index (χ1) is 13.9. The van der Waals surface area contributed by atoms with E-state index >= 15 is 0 Å². The molecule has 1 amide bonds. The molecule has 2 N–H and O–H groups in total. The molecule has 0 saturated carbocycles. The second-order valence-electron chi connectivity index (χ2n) is 6.18. The predicted molar refractivity (Wildman–Crippen MR) is 105 cm³/mol. The van der Waals surface area contributed by atoms with Crippen molar-refractivity contribution in [1.29, 1.82) is 0 Å². The lowest BCUT2D eigenvalue weighted by molar-refractivity contribution is -0.133. The number of ketones is 1. The Morgan fingerprint density at radius 2 is 1.52 bits per heavy atom. The van der Waals surface area contributed by atoms with E-state index < -0.39 is 17.7 Å². The van der Waals surface area contributed by atoms with Gasteiger partial charge < -0.3 is 29.4 Å². The van der Waals surface area contributed by atoms with Crippen LogP contribution in [0.5, 0.6) is 23.0 Å². The van der Waals surface area contributed by atoms with Crippen molar-refractivity contribution in [1.82, 2.24) is 5.32 Å². The Hall–Kier alpha value is -3.68. The first-order valence-electron chi connectivity index (χ1n) is 8.67. The molecular formula is C21H21NO7. The molecule has 8 heteroatoms. The van der Waals surface area contributed by atoms with Crippen molar-refractivity contribution < 1.29 is 33.6 Å². The Kier molecular flexibility index (Phi) is 5.63. The molecule has 152 valence electrons. The van der Waals surface area contributed by atoms with E-state index in [0.717, 1.165) is 0 Å². The summed E-state index contributed by atoms with van der Waals surface area (Å²) in [7, 11) is 5.93. The standard InChI is InChI=1S/C21H21NO7/c1-26-12-6-8-14(27-2)13(10-12)18-17(20(24)21(25)22-18)19(23)11-5-7-15(28-3)16(9-11)29-4/h5-10,18,23H,1-4H3,(H,22,25)/t18-/m0/s1. The van der Waals surface area contributed by atoms with Gasteiger partial charge in [-0.1, -0.05) is 0 Å². The fraction of sp³-hybridized carbons (Fsp3) is 0.238. The second kappa shape index (κ2) is 8.14. The van der Waals surface area contributed by atoms with Crippen LogP contribution in [0.15, 0.2) is 42.0 Å². The molecular weight excluding hydrogens is 378 g/mol. The molecule has 1 atom stereocenters. The van der Waals surface area contributed by atoms with Gasteiger partial charge in [0.2, 0.25) is 0 Å². The summed E-state index contributed by atoms with van der Waals surface area (Å²) >= 11 is 0. The summed E-state index contributed by atoms with van der Waals surface area (Å²) in [5, 5.41) is 13.5. The van der Waals surface area contributed by atoms with E-state index in [2.05, 4.69) is 5.32 Å². The predicted octanol–water partition coefficient (Wildman–Crippen LogP) is 2.43. The van der Waals surface area contributed by atoms with Crippen molar-refractivity contribution in [2.24, 2.45) is 0 Å². The van der Waals surface area contributed by atoms with Crippen LogP contribution in [-0.4, -0.2) is 45.2 Å². The van der Waals surface area contributed by atoms with Crippen LogP contribution < -0.4 is 24.3 Å². The summed E-state index contributed by atoms with van der Waals surface area (Å²) < 4.78 is 21.1. The van der Waals surface area contributed by atoms with Gasteiger partial charge in [0.05, 0.1) is 40.1 Å². The molecule has 0 spiro atoms. The normalized spacial score (nSPS) is 17.6. The number of carbonyl (C=O) groups excluding carboxylic acids is 2. The number of carbonyl (C=O) groups is 2. The highest BCUT2D eigenvalue weighted by atomic mass is 16.5. The van der Waals surface area contributed by atoms with Gasteiger partial charge >= 0.3 is 0 Å². The highest BCUT2D eigenvalue weighted by molar-refractivity contribution is 6.46. The van der Waals surface area contributed by atoms with Gasteiger partial charge in [-0.15, -0.1) is 0 Å². The Balaban J connectivity index is 2.18. The van der Waals surface area contributed by atoms with Gasteiger partial charge in [-0.05, 0) is 36.4 Å². The summed E-state index contributed by atoms with van der Waals surface area (Å²) in [6.45, 7) is 0. The van der Waals surface area contributed by atoms with Crippen molar-refractivity contribution in [3.05, 3.63) is 53.1 Å². The number of ether oxygens (including phenoxy) is 4. The largest absolute Gasteiger partial charge is 0.507 e. The van der Waals surface area contributed by atoms with Crippen molar-refractivity contribution in [3.8, 4) is 23.0 Å². The number of amides is 1. The Bertz CT molecular complexity index is 997. The first kappa shape index (κ1) is 20.1. The van der Waals surface area contributed by atoms with E-state index in [9.17, 15) is 14.7 Å². The topological polar surface area (TPSA) is 103 Å². The molecule has 8 nitrogen and oxygen atoms in total. The molecule has 1 aliphatic heterocycles. The van der Waals surface area contributed by atoms with Crippen LogP contribution in [0.25, 0.3) is 5.76 Å². The molecule has 1 saturated heterocycles. The number of nitrogens with one attached hydrogen (secondary N) is 1. The van der Waals surface area contributed by atoms with Crippen molar-refractivity contribution in [3.63, 3.8) is 0 Å². The lowest BCUT2D eigenvalue weighted by Crippen LogP contribution is -2.21. The van der Waals surface area contributed by atoms with Crippen LogP contribution in [0.4, 0.5) is 0 Å². The summed E-state index contributed by atoms with van der Waals surface area (Å²) in [6, 6.07) is 8.78. The third-order valence-corrected chi connectivity index (χ3v) is 4.67. The zero-order valence-corrected chi connectivity index (χ0v) is 16.4. The molecule has 1 fully saturated rings. The Morgan fingerprint density at radius 1 is 0.862 bits per heavy atom. The van der Waals surface area contributed by atoms with Gasteiger partial charge in [-0.25, -0.2) is 0 Å². The van der Waals surface area contributed by atoms with Crippen LogP contribution in [0, 0.1) is 0 Å². The lowest BCUT2D eigenvalue weighted by Gasteiger charge is -2.18. The highest BCUT2D eigenvalue weighted by Crippen LogP contribution is 2.39. The number of methoxy groups -OCH3 is 4. The number of hydrogen-bond acceptors (Lipinski definition) is 7. The van der Waals surface area contributed by atoms with Gasteiger partial charge in [-0.3, -0.25) is 9.59 Å². The minimum absolute atomic E-state index is 0.0891. The third-order valence-electron chi connectivity index (χ3n) is 4.67. The maximum Gasteiger partial charge on any atom is 0.293 e. The molecule has 0 bridgehead atoms. The maximum absolute atomic E-state index is 12.6. The zero-order chi connectivity index (χ0) is 21.1. The van der Waals surface area contributed by atoms with E-state index in [-0.39, 0.29) is 11.3 Å². The molecule has 0 unspecified atom stereocenters. The molecule has 2 aromatic carbocycles. The summed E-state index contributed by atoms with van der Waals surface area (Å²) in [5.74, 6) is -0.203. The summed E-state index contributed by atoms with van der Waals surface area (Å²) in [4.78, 5) is 24.7. The monoisotopic (exact) mass is 399 g/mol. The number of hydrogen-bond donors (Lipinski definition) is 2. The molecule has 3 rings (SSSR count). The van der Waals surface area contributed by atoms with Gasteiger partial charge in [0.25, 0.3) is 11.7 Å². The van der Waals surface area contributed by atoms with Gasteiger partial charge in [0.1, 0.15) is 17.3 Å². The number of aliphatic hydroxyl groups excluding tert-OH is 1. The zero-order valence-electron chi connectivity index (χ0n) is 16.4. The first-order valence-corrected chi connectivity index (χ1v) is 8.67. The van der Waals surface area contributed by atoms with E-state index in [1.807, 2.05) is 0 Å². The smallest absolute Gasteiger partial charge is 0.293 e. The third kappa shape index (κ3) is 3.56. The van der Waals surface area contributed by atoms with Crippen LogP contribution in [-0.2, 0) is 9.59 Å².